The highest BCUT2D eigenvalue weighted by atomic mass is 16.5. The van der Waals surface area contributed by atoms with Gasteiger partial charge in [0.2, 0.25) is 0 Å². The lowest BCUT2D eigenvalue weighted by Gasteiger charge is -2.10. The topological polar surface area (TPSA) is 66.0 Å². The molecule has 2 N–H and O–H groups in total. The SMILES string of the molecule is CCOCCC(N)Cc1ncnn1C. The van der Waals surface area contributed by atoms with Gasteiger partial charge in [0.15, 0.2) is 0 Å². The maximum Gasteiger partial charge on any atom is 0.138 e. The summed E-state index contributed by atoms with van der Waals surface area (Å²) in [6.45, 7) is 3.44. The molecule has 80 valence electrons. The molecular formula is C9H18N4O. The number of nitrogens with zero attached hydrogens (tertiary/aromatic N) is 3. The molecular weight excluding hydrogens is 180 g/mol. The van der Waals surface area contributed by atoms with Crippen molar-refractivity contribution in [3.8, 4) is 0 Å². The minimum Gasteiger partial charge on any atom is -0.382 e. The zero-order valence-electron chi connectivity index (χ0n) is 8.81. The van der Waals surface area contributed by atoms with E-state index in [2.05, 4.69) is 10.1 Å². The second kappa shape index (κ2) is 5.72. The number of nitrogens with two attached hydrogens (primary N) is 1. The summed E-state index contributed by atoms with van der Waals surface area (Å²) < 4.78 is 6.98. The fourth-order valence-corrected chi connectivity index (χ4v) is 1.22. The summed E-state index contributed by atoms with van der Waals surface area (Å²) in [6.07, 6.45) is 3.16. The molecule has 0 aliphatic heterocycles. The number of hydrogen-bond donors (Lipinski definition) is 1. The molecule has 0 saturated carbocycles. The van der Waals surface area contributed by atoms with Crippen molar-refractivity contribution in [2.24, 2.45) is 12.8 Å². The molecule has 0 aromatic carbocycles. The van der Waals surface area contributed by atoms with E-state index in [1.807, 2.05) is 14.0 Å². The van der Waals surface area contributed by atoms with Crippen molar-refractivity contribution in [1.29, 1.82) is 0 Å². The van der Waals surface area contributed by atoms with E-state index in [1.54, 1.807) is 11.0 Å². The van der Waals surface area contributed by atoms with Crippen LogP contribution in [0.15, 0.2) is 6.33 Å². The molecule has 1 atom stereocenters. The van der Waals surface area contributed by atoms with E-state index in [9.17, 15) is 0 Å². The first kappa shape index (κ1) is 11.1. The smallest absolute Gasteiger partial charge is 0.138 e. The van der Waals surface area contributed by atoms with Crippen molar-refractivity contribution in [1.82, 2.24) is 14.8 Å². The molecule has 5 heteroatoms. The van der Waals surface area contributed by atoms with E-state index in [4.69, 9.17) is 10.5 Å². The molecule has 0 saturated heterocycles. The molecule has 0 aliphatic carbocycles. The van der Waals surface area contributed by atoms with Crippen LogP contribution in [0.1, 0.15) is 19.2 Å². The average Bonchev–Trinajstić information content (AvgIpc) is 2.52. The Labute approximate surface area is 84.3 Å². The predicted octanol–water partition coefficient (Wildman–Crippen LogP) is 0.111. The lowest BCUT2D eigenvalue weighted by Crippen LogP contribution is -2.26. The Balaban J connectivity index is 2.27. The van der Waals surface area contributed by atoms with Gasteiger partial charge in [-0.25, -0.2) is 4.98 Å². The van der Waals surface area contributed by atoms with E-state index in [0.717, 1.165) is 31.9 Å². The summed E-state index contributed by atoms with van der Waals surface area (Å²) in [4.78, 5) is 4.12. The van der Waals surface area contributed by atoms with Crippen LogP contribution in [-0.2, 0) is 18.2 Å². The molecule has 0 bridgehead atoms. The molecule has 0 fully saturated rings. The van der Waals surface area contributed by atoms with E-state index in [0.29, 0.717) is 0 Å². The molecule has 1 aromatic heterocycles. The quantitative estimate of drug-likeness (QED) is 0.659. The van der Waals surface area contributed by atoms with Crippen LogP contribution in [0.5, 0.6) is 0 Å². The molecule has 0 radical (unpaired) electrons. The zero-order valence-corrected chi connectivity index (χ0v) is 8.81. The number of ether oxygens (including phenoxy) is 1. The van der Waals surface area contributed by atoms with Gasteiger partial charge in [0.25, 0.3) is 0 Å². The minimum atomic E-state index is 0.101. The molecule has 1 unspecified atom stereocenters. The molecule has 1 heterocycles. The van der Waals surface area contributed by atoms with Gasteiger partial charge in [0.05, 0.1) is 0 Å². The van der Waals surface area contributed by atoms with Crippen LogP contribution < -0.4 is 5.73 Å². The molecule has 0 amide bonds. The largest absolute Gasteiger partial charge is 0.382 e. The van der Waals surface area contributed by atoms with E-state index in [-0.39, 0.29) is 6.04 Å². The maximum atomic E-state index is 5.91. The average molecular weight is 198 g/mol. The lowest BCUT2D eigenvalue weighted by atomic mass is 10.1. The lowest BCUT2D eigenvalue weighted by molar-refractivity contribution is 0.139. The Hall–Kier alpha value is -0.940. The van der Waals surface area contributed by atoms with Crippen LogP contribution in [-0.4, -0.2) is 34.0 Å². The molecule has 5 nitrogen and oxygen atoms in total. The van der Waals surface area contributed by atoms with Crippen LogP contribution in [0.25, 0.3) is 0 Å². The van der Waals surface area contributed by atoms with Crippen molar-refractivity contribution >= 4 is 0 Å². The van der Waals surface area contributed by atoms with Crippen molar-refractivity contribution < 1.29 is 4.74 Å². The first-order valence-corrected chi connectivity index (χ1v) is 4.90. The van der Waals surface area contributed by atoms with E-state index in [1.165, 1.54) is 0 Å². The third-order valence-electron chi connectivity index (χ3n) is 2.09. The van der Waals surface area contributed by atoms with Gasteiger partial charge in [0.1, 0.15) is 12.2 Å². The van der Waals surface area contributed by atoms with Crippen LogP contribution in [0.4, 0.5) is 0 Å². The van der Waals surface area contributed by atoms with Gasteiger partial charge in [-0.3, -0.25) is 4.68 Å². The fraction of sp³-hybridized carbons (Fsp3) is 0.778. The van der Waals surface area contributed by atoms with E-state index < -0.39 is 0 Å². The second-order valence-electron chi connectivity index (χ2n) is 3.25. The zero-order chi connectivity index (χ0) is 10.4. The highest BCUT2D eigenvalue weighted by Crippen LogP contribution is 1.99. The van der Waals surface area contributed by atoms with Gasteiger partial charge in [0, 0.05) is 32.7 Å². The van der Waals surface area contributed by atoms with Crippen LogP contribution in [0, 0.1) is 0 Å². The Morgan fingerprint density at radius 3 is 3.00 bits per heavy atom. The first-order valence-electron chi connectivity index (χ1n) is 4.90. The summed E-state index contributed by atoms with van der Waals surface area (Å²) in [5.74, 6) is 0.925. The number of aryl methyl sites for hydroxylation is 1. The Kier molecular flexibility index (Phi) is 4.55. The normalized spacial score (nSPS) is 13.1. The van der Waals surface area contributed by atoms with Gasteiger partial charge in [-0.1, -0.05) is 0 Å². The van der Waals surface area contributed by atoms with Gasteiger partial charge < -0.3 is 10.5 Å². The summed E-state index contributed by atoms with van der Waals surface area (Å²) in [6, 6.07) is 0.101. The standard InChI is InChI=1S/C9H18N4O/c1-3-14-5-4-8(10)6-9-11-7-12-13(9)2/h7-8H,3-6,10H2,1-2H3. The third-order valence-corrected chi connectivity index (χ3v) is 2.09. The Morgan fingerprint density at radius 2 is 2.43 bits per heavy atom. The first-order chi connectivity index (χ1) is 6.74. The number of hydrogen-bond acceptors (Lipinski definition) is 4. The van der Waals surface area contributed by atoms with Crippen LogP contribution >= 0.6 is 0 Å². The Bertz CT molecular complexity index is 261. The van der Waals surface area contributed by atoms with Gasteiger partial charge in [-0.15, -0.1) is 0 Å². The molecule has 14 heavy (non-hydrogen) atoms. The summed E-state index contributed by atoms with van der Waals surface area (Å²) in [5, 5.41) is 3.98. The van der Waals surface area contributed by atoms with Gasteiger partial charge in [-0.2, -0.15) is 5.10 Å². The van der Waals surface area contributed by atoms with Crippen molar-refractivity contribution in [3.05, 3.63) is 12.2 Å². The molecule has 0 spiro atoms. The fourth-order valence-electron chi connectivity index (χ4n) is 1.22. The summed E-state index contributed by atoms with van der Waals surface area (Å²) in [7, 11) is 1.87. The summed E-state index contributed by atoms with van der Waals surface area (Å²) in [5.41, 5.74) is 5.91. The van der Waals surface area contributed by atoms with Crippen molar-refractivity contribution in [3.63, 3.8) is 0 Å². The monoisotopic (exact) mass is 198 g/mol. The van der Waals surface area contributed by atoms with Crippen molar-refractivity contribution in [2.75, 3.05) is 13.2 Å². The second-order valence-corrected chi connectivity index (χ2v) is 3.25. The van der Waals surface area contributed by atoms with Gasteiger partial charge >= 0.3 is 0 Å². The highest BCUT2D eigenvalue weighted by molar-refractivity contribution is 4.87. The van der Waals surface area contributed by atoms with Crippen LogP contribution in [0.2, 0.25) is 0 Å². The maximum absolute atomic E-state index is 5.91. The molecule has 1 rings (SSSR count). The number of rotatable bonds is 6. The third kappa shape index (κ3) is 3.43. The number of aromatic nitrogens is 3. The summed E-state index contributed by atoms with van der Waals surface area (Å²) >= 11 is 0. The highest BCUT2D eigenvalue weighted by Gasteiger charge is 2.07. The Morgan fingerprint density at radius 1 is 1.64 bits per heavy atom. The van der Waals surface area contributed by atoms with Crippen LogP contribution in [0.3, 0.4) is 0 Å². The minimum absolute atomic E-state index is 0.101. The van der Waals surface area contributed by atoms with Gasteiger partial charge in [-0.05, 0) is 13.3 Å². The molecule has 1 aromatic rings. The van der Waals surface area contributed by atoms with Crippen molar-refractivity contribution in [2.45, 2.75) is 25.8 Å². The molecule has 0 aliphatic rings. The predicted molar refractivity (Wildman–Crippen MR) is 53.8 cm³/mol. The van der Waals surface area contributed by atoms with E-state index >= 15 is 0 Å².